The van der Waals surface area contributed by atoms with Crippen LogP contribution in [0, 0.1) is 0 Å². The van der Waals surface area contributed by atoms with Crippen molar-refractivity contribution in [1.82, 2.24) is 5.32 Å². The van der Waals surface area contributed by atoms with Crippen LogP contribution < -0.4 is 5.32 Å². The quantitative estimate of drug-likeness (QED) is 0.796. The van der Waals surface area contributed by atoms with Gasteiger partial charge in [-0.15, -0.1) is 0 Å². The molecule has 3 heteroatoms. The molecule has 1 aromatic carbocycles. The molecule has 2 aliphatic rings. The van der Waals surface area contributed by atoms with Gasteiger partial charge in [0.1, 0.15) is 5.75 Å². The second-order valence-electron chi connectivity index (χ2n) is 4.66. The maximum Gasteiger partial charge on any atom is 0.119 e. The maximum atomic E-state index is 9.76. The van der Waals surface area contributed by atoms with Gasteiger partial charge in [-0.2, -0.15) is 0 Å². The van der Waals surface area contributed by atoms with Crippen molar-refractivity contribution in [1.29, 1.82) is 0 Å². The molecule has 1 aliphatic heterocycles. The van der Waals surface area contributed by atoms with Gasteiger partial charge in [-0.25, -0.2) is 0 Å². The summed E-state index contributed by atoms with van der Waals surface area (Å²) in [7, 11) is 0. The van der Waals surface area contributed by atoms with Crippen molar-refractivity contribution in [2.45, 2.75) is 31.3 Å². The Morgan fingerprint density at radius 3 is 3.06 bits per heavy atom. The minimum Gasteiger partial charge on any atom is -0.508 e. The van der Waals surface area contributed by atoms with Crippen molar-refractivity contribution < 1.29 is 9.84 Å². The number of benzene rings is 1. The van der Waals surface area contributed by atoms with Crippen LogP contribution >= 0.6 is 0 Å². The average Bonchev–Trinajstić information content (AvgIpc) is 2.90. The third kappa shape index (κ3) is 1.70. The van der Waals surface area contributed by atoms with E-state index in [2.05, 4.69) is 11.4 Å². The third-order valence-electron chi connectivity index (χ3n) is 3.61. The summed E-state index contributed by atoms with van der Waals surface area (Å²) < 4.78 is 5.37. The maximum absolute atomic E-state index is 9.76. The summed E-state index contributed by atoms with van der Waals surface area (Å²) >= 11 is 0. The highest BCUT2D eigenvalue weighted by atomic mass is 16.5. The van der Waals surface area contributed by atoms with Gasteiger partial charge in [-0.1, -0.05) is 12.1 Å². The van der Waals surface area contributed by atoms with Crippen molar-refractivity contribution >= 4 is 0 Å². The molecule has 1 heterocycles. The van der Waals surface area contributed by atoms with E-state index in [1.165, 1.54) is 5.56 Å². The zero-order valence-corrected chi connectivity index (χ0v) is 9.28. The van der Waals surface area contributed by atoms with E-state index in [1.54, 1.807) is 6.07 Å². The summed E-state index contributed by atoms with van der Waals surface area (Å²) in [5, 5.41) is 13.4. The summed E-state index contributed by atoms with van der Waals surface area (Å²) in [4.78, 5) is 0. The number of phenolic OH excluding ortho intramolecular Hbond substituents is 1. The summed E-state index contributed by atoms with van der Waals surface area (Å²) in [5.41, 5.74) is 2.39. The zero-order chi connectivity index (χ0) is 11.0. The topological polar surface area (TPSA) is 41.5 Å². The molecule has 2 atom stereocenters. The monoisotopic (exact) mass is 219 g/mol. The fraction of sp³-hybridized carbons (Fsp3) is 0.538. The minimum absolute atomic E-state index is 0.397. The van der Waals surface area contributed by atoms with Gasteiger partial charge in [0.2, 0.25) is 0 Å². The first-order valence-electron chi connectivity index (χ1n) is 5.99. The van der Waals surface area contributed by atoms with Crippen molar-refractivity contribution in [3.8, 4) is 5.75 Å². The van der Waals surface area contributed by atoms with Crippen molar-refractivity contribution in [2.75, 3.05) is 13.2 Å². The average molecular weight is 219 g/mol. The highest BCUT2D eigenvalue weighted by molar-refractivity contribution is 5.44. The van der Waals surface area contributed by atoms with Crippen LogP contribution in [-0.4, -0.2) is 24.4 Å². The SMILES string of the molecule is Oc1cccc2c1CCC2NC1CCOC1. The highest BCUT2D eigenvalue weighted by Gasteiger charge is 2.27. The number of hydrogen-bond acceptors (Lipinski definition) is 3. The van der Waals surface area contributed by atoms with E-state index in [0.29, 0.717) is 17.8 Å². The van der Waals surface area contributed by atoms with E-state index in [4.69, 9.17) is 4.74 Å². The number of rotatable bonds is 2. The fourth-order valence-corrected chi connectivity index (χ4v) is 2.76. The minimum atomic E-state index is 0.397. The fourth-order valence-electron chi connectivity index (χ4n) is 2.76. The van der Waals surface area contributed by atoms with Gasteiger partial charge in [0.25, 0.3) is 0 Å². The van der Waals surface area contributed by atoms with E-state index in [9.17, 15) is 5.11 Å². The largest absolute Gasteiger partial charge is 0.508 e. The Morgan fingerprint density at radius 1 is 1.31 bits per heavy atom. The van der Waals surface area contributed by atoms with Gasteiger partial charge >= 0.3 is 0 Å². The Bertz CT molecular complexity index is 386. The lowest BCUT2D eigenvalue weighted by Crippen LogP contribution is -2.32. The van der Waals surface area contributed by atoms with Gasteiger partial charge in [-0.05, 0) is 36.5 Å². The molecule has 0 bridgehead atoms. The van der Waals surface area contributed by atoms with E-state index in [1.807, 2.05) is 6.07 Å². The standard InChI is InChI=1S/C13H17NO2/c15-13-3-1-2-10-11(13)4-5-12(10)14-9-6-7-16-8-9/h1-3,9,12,14-15H,4-8H2. The molecule has 0 saturated carbocycles. The molecule has 0 aromatic heterocycles. The second kappa shape index (κ2) is 4.07. The van der Waals surface area contributed by atoms with E-state index < -0.39 is 0 Å². The first kappa shape index (κ1) is 10.1. The molecule has 0 spiro atoms. The molecule has 1 aliphatic carbocycles. The molecule has 0 radical (unpaired) electrons. The Kier molecular flexibility index (Phi) is 2.58. The van der Waals surface area contributed by atoms with E-state index in [0.717, 1.165) is 38.0 Å². The Morgan fingerprint density at radius 2 is 2.25 bits per heavy atom. The number of nitrogens with one attached hydrogen (secondary N) is 1. The molecule has 86 valence electrons. The Labute approximate surface area is 95.4 Å². The Hall–Kier alpha value is -1.06. The molecule has 1 fully saturated rings. The van der Waals surface area contributed by atoms with Crippen LogP contribution in [0.4, 0.5) is 0 Å². The van der Waals surface area contributed by atoms with Crippen LogP contribution in [-0.2, 0) is 11.2 Å². The lowest BCUT2D eigenvalue weighted by molar-refractivity contribution is 0.188. The molecule has 2 N–H and O–H groups in total. The number of ether oxygens (including phenoxy) is 1. The molecule has 1 saturated heterocycles. The van der Waals surface area contributed by atoms with Crippen molar-refractivity contribution in [3.05, 3.63) is 29.3 Å². The first-order valence-corrected chi connectivity index (χ1v) is 5.99. The van der Waals surface area contributed by atoms with Crippen LogP contribution in [0.25, 0.3) is 0 Å². The van der Waals surface area contributed by atoms with Crippen LogP contribution in [0.2, 0.25) is 0 Å². The molecular weight excluding hydrogens is 202 g/mol. The zero-order valence-electron chi connectivity index (χ0n) is 9.28. The van der Waals surface area contributed by atoms with Crippen LogP contribution in [0.3, 0.4) is 0 Å². The smallest absolute Gasteiger partial charge is 0.119 e. The second-order valence-corrected chi connectivity index (χ2v) is 4.66. The van der Waals surface area contributed by atoms with Crippen molar-refractivity contribution in [2.24, 2.45) is 0 Å². The Balaban J connectivity index is 1.78. The highest BCUT2D eigenvalue weighted by Crippen LogP contribution is 2.36. The van der Waals surface area contributed by atoms with Crippen LogP contribution in [0.5, 0.6) is 5.75 Å². The molecule has 1 aromatic rings. The van der Waals surface area contributed by atoms with Gasteiger partial charge in [-0.3, -0.25) is 0 Å². The van der Waals surface area contributed by atoms with Gasteiger partial charge in [0, 0.05) is 18.7 Å². The van der Waals surface area contributed by atoms with E-state index in [-0.39, 0.29) is 0 Å². The summed E-state index contributed by atoms with van der Waals surface area (Å²) in [6.45, 7) is 1.70. The predicted molar refractivity (Wildman–Crippen MR) is 61.5 cm³/mol. The van der Waals surface area contributed by atoms with Gasteiger partial charge in [0.05, 0.1) is 6.61 Å². The normalized spacial score (nSPS) is 28.2. The molecule has 2 unspecified atom stereocenters. The van der Waals surface area contributed by atoms with Crippen molar-refractivity contribution in [3.63, 3.8) is 0 Å². The number of hydrogen-bond donors (Lipinski definition) is 2. The molecule has 16 heavy (non-hydrogen) atoms. The lowest BCUT2D eigenvalue weighted by atomic mass is 10.1. The number of fused-ring (bicyclic) bond motifs is 1. The summed E-state index contributed by atoms with van der Waals surface area (Å²) in [6, 6.07) is 6.71. The van der Waals surface area contributed by atoms with Gasteiger partial charge in [0.15, 0.2) is 0 Å². The predicted octanol–water partition coefficient (Wildman–Crippen LogP) is 1.76. The molecule has 0 amide bonds. The molecule has 3 nitrogen and oxygen atoms in total. The number of aromatic hydroxyl groups is 1. The lowest BCUT2D eigenvalue weighted by Gasteiger charge is -2.18. The van der Waals surface area contributed by atoms with Crippen LogP contribution in [0.1, 0.15) is 30.0 Å². The first-order chi connectivity index (χ1) is 7.84. The summed E-state index contributed by atoms with van der Waals surface area (Å²) in [5.74, 6) is 0.449. The van der Waals surface area contributed by atoms with Crippen LogP contribution in [0.15, 0.2) is 18.2 Å². The summed E-state index contributed by atoms with van der Waals surface area (Å²) in [6.07, 6.45) is 3.17. The van der Waals surface area contributed by atoms with Gasteiger partial charge < -0.3 is 15.2 Å². The number of phenols is 1. The molecular formula is C13H17NO2. The molecule has 3 rings (SSSR count). The third-order valence-corrected chi connectivity index (χ3v) is 3.61. The van der Waals surface area contributed by atoms with E-state index >= 15 is 0 Å².